The third kappa shape index (κ3) is 5.93. The smallest absolute Gasteiger partial charge is 0.119 e. The highest BCUT2D eigenvalue weighted by Crippen LogP contribution is 2.17. The van der Waals surface area contributed by atoms with Crippen LogP contribution in [0.4, 0.5) is 0 Å². The third-order valence-corrected chi connectivity index (χ3v) is 3.54. The largest absolute Gasteiger partial charge is 0.494 e. The molecule has 0 spiro atoms. The van der Waals surface area contributed by atoms with Crippen LogP contribution in [0.25, 0.3) is 0 Å². The van der Waals surface area contributed by atoms with E-state index in [0.29, 0.717) is 0 Å². The van der Waals surface area contributed by atoms with Crippen molar-refractivity contribution >= 4 is 0 Å². The molecule has 1 atom stereocenters. The van der Waals surface area contributed by atoms with Crippen LogP contribution in [0.15, 0.2) is 18.2 Å². The zero-order chi connectivity index (χ0) is 15.0. The van der Waals surface area contributed by atoms with Crippen LogP contribution in [0.1, 0.15) is 44.2 Å². The van der Waals surface area contributed by atoms with Gasteiger partial charge in [0.15, 0.2) is 0 Å². The zero-order valence-corrected chi connectivity index (χ0v) is 13.3. The molecule has 114 valence electrons. The molecule has 1 aromatic carbocycles. The van der Waals surface area contributed by atoms with E-state index in [0.717, 1.165) is 38.2 Å². The summed E-state index contributed by atoms with van der Waals surface area (Å²) in [6.07, 6.45) is 3.02. The van der Waals surface area contributed by atoms with Crippen LogP contribution in [-0.2, 0) is 0 Å². The maximum absolute atomic E-state index is 9.42. The number of ether oxygens (including phenoxy) is 1. The summed E-state index contributed by atoms with van der Waals surface area (Å²) in [5, 5.41) is 12.8. The van der Waals surface area contributed by atoms with Gasteiger partial charge in [0.05, 0.1) is 13.2 Å². The maximum atomic E-state index is 9.42. The summed E-state index contributed by atoms with van der Waals surface area (Å²) in [7, 11) is 0. The minimum absolute atomic E-state index is 0.158. The number of aliphatic hydroxyl groups is 1. The standard InChI is InChI=1S/C17H29NO2/c1-5-18-17(4,13-19)8-6-7-9-20-16-11-14(2)10-15(3)12-16/h10-12,18-19H,5-9,13H2,1-4H3. The topological polar surface area (TPSA) is 41.5 Å². The molecule has 0 aliphatic carbocycles. The molecule has 0 radical (unpaired) electrons. The fourth-order valence-corrected chi connectivity index (χ4v) is 2.47. The van der Waals surface area contributed by atoms with Crippen molar-refractivity contribution in [1.82, 2.24) is 5.32 Å². The lowest BCUT2D eigenvalue weighted by atomic mass is 9.96. The Labute approximate surface area is 123 Å². The van der Waals surface area contributed by atoms with Crippen molar-refractivity contribution in [3.05, 3.63) is 29.3 Å². The van der Waals surface area contributed by atoms with Crippen LogP contribution in [0.2, 0.25) is 0 Å². The molecular formula is C17H29NO2. The van der Waals surface area contributed by atoms with Crippen molar-refractivity contribution in [2.45, 2.75) is 52.5 Å². The van der Waals surface area contributed by atoms with Gasteiger partial charge in [-0.15, -0.1) is 0 Å². The van der Waals surface area contributed by atoms with Crippen molar-refractivity contribution in [2.75, 3.05) is 19.8 Å². The quantitative estimate of drug-likeness (QED) is 0.682. The number of aryl methyl sites for hydroxylation is 2. The van der Waals surface area contributed by atoms with Gasteiger partial charge >= 0.3 is 0 Å². The first-order valence-corrected chi connectivity index (χ1v) is 7.56. The average Bonchev–Trinajstić information content (AvgIpc) is 2.37. The lowest BCUT2D eigenvalue weighted by Gasteiger charge is -2.28. The second-order valence-electron chi connectivity index (χ2n) is 5.88. The van der Waals surface area contributed by atoms with Crippen LogP contribution in [0, 0.1) is 13.8 Å². The highest BCUT2D eigenvalue weighted by atomic mass is 16.5. The van der Waals surface area contributed by atoms with E-state index in [1.807, 2.05) is 0 Å². The molecule has 1 aromatic rings. The summed E-state index contributed by atoms with van der Waals surface area (Å²) in [6, 6.07) is 6.29. The van der Waals surface area contributed by atoms with Gasteiger partial charge in [0.1, 0.15) is 5.75 Å². The first-order valence-electron chi connectivity index (χ1n) is 7.56. The van der Waals surface area contributed by atoms with Gasteiger partial charge in [0.2, 0.25) is 0 Å². The molecule has 1 rings (SSSR count). The SMILES string of the molecule is CCNC(C)(CO)CCCCOc1cc(C)cc(C)c1. The second kappa shape index (κ2) is 8.28. The number of benzene rings is 1. The molecule has 0 heterocycles. The van der Waals surface area contributed by atoms with E-state index in [1.165, 1.54) is 11.1 Å². The fraction of sp³-hybridized carbons (Fsp3) is 0.647. The highest BCUT2D eigenvalue weighted by Gasteiger charge is 2.20. The third-order valence-electron chi connectivity index (χ3n) is 3.54. The first-order chi connectivity index (χ1) is 9.49. The molecule has 20 heavy (non-hydrogen) atoms. The average molecular weight is 279 g/mol. The van der Waals surface area contributed by atoms with Gasteiger partial charge < -0.3 is 15.2 Å². The highest BCUT2D eigenvalue weighted by molar-refractivity contribution is 5.32. The maximum Gasteiger partial charge on any atom is 0.119 e. The molecule has 0 aliphatic rings. The molecular weight excluding hydrogens is 250 g/mol. The summed E-state index contributed by atoms with van der Waals surface area (Å²) in [6.45, 7) is 10.1. The van der Waals surface area contributed by atoms with E-state index >= 15 is 0 Å². The van der Waals surface area contributed by atoms with E-state index in [2.05, 4.69) is 51.2 Å². The Morgan fingerprint density at radius 2 is 1.80 bits per heavy atom. The zero-order valence-electron chi connectivity index (χ0n) is 13.3. The van der Waals surface area contributed by atoms with Crippen LogP contribution in [0.3, 0.4) is 0 Å². The van der Waals surface area contributed by atoms with Gasteiger partial charge in [-0.1, -0.05) is 13.0 Å². The summed E-state index contributed by atoms with van der Waals surface area (Å²) in [4.78, 5) is 0. The minimum atomic E-state index is -0.158. The molecule has 2 N–H and O–H groups in total. The Hall–Kier alpha value is -1.06. The normalized spacial score (nSPS) is 14.1. The van der Waals surface area contributed by atoms with Gasteiger partial charge in [0.25, 0.3) is 0 Å². The van der Waals surface area contributed by atoms with Crippen molar-refractivity contribution in [1.29, 1.82) is 0 Å². The molecule has 0 bridgehead atoms. The molecule has 3 heteroatoms. The Balaban J connectivity index is 2.28. The molecule has 0 fully saturated rings. The summed E-state index contributed by atoms with van der Waals surface area (Å²) in [5.41, 5.74) is 2.31. The Morgan fingerprint density at radius 1 is 1.15 bits per heavy atom. The minimum Gasteiger partial charge on any atom is -0.494 e. The summed E-state index contributed by atoms with van der Waals surface area (Å²) < 4.78 is 5.79. The molecule has 0 amide bonds. The van der Waals surface area contributed by atoms with Gasteiger partial charge in [-0.2, -0.15) is 0 Å². The monoisotopic (exact) mass is 279 g/mol. The van der Waals surface area contributed by atoms with E-state index in [-0.39, 0.29) is 12.1 Å². The van der Waals surface area contributed by atoms with Crippen molar-refractivity contribution in [3.63, 3.8) is 0 Å². The predicted octanol–water partition coefficient (Wildman–Crippen LogP) is 3.21. The molecule has 0 saturated carbocycles. The Bertz CT molecular complexity index is 386. The number of nitrogens with one attached hydrogen (secondary N) is 1. The van der Waals surface area contributed by atoms with E-state index < -0.39 is 0 Å². The van der Waals surface area contributed by atoms with Gasteiger partial charge in [0, 0.05) is 5.54 Å². The van der Waals surface area contributed by atoms with Crippen molar-refractivity contribution < 1.29 is 9.84 Å². The fourth-order valence-electron chi connectivity index (χ4n) is 2.47. The molecule has 0 saturated heterocycles. The predicted molar refractivity (Wildman–Crippen MR) is 84.4 cm³/mol. The number of aliphatic hydroxyl groups excluding tert-OH is 1. The van der Waals surface area contributed by atoms with Crippen LogP contribution in [-0.4, -0.2) is 30.4 Å². The number of rotatable bonds is 9. The Kier molecular flexibility index (Phi) is 7.03. The number of unbranched alkanes of at least 4 members (excludes halogenated alkanes) is 1. The molecule has 3 nitrogen and oxygen atoms in total. The lowest BCUT2D eigenvalue weighted by Crippen LogP contribution is -2.45. The molecule has 1 unspecified atom stereocenters. The van der Waals surface area contributed by atoms with E-state index in [1.54, 1.807) is 0 Å². The van der Waals surface area contributed by atoms with E-state index in [9.17, 15) is 5.11 Å². The summed E-state index contributed by atoms with van der Waals surface area (Å²) in [5.74, 6) is 0.958. The number of likely N-dealkylation sites (N-methyl/N-ethyl adjacent to an activating group) is 1. The second-order valence-corrected chi connectivity index (χ2v) is 5.88. The van der Waals surface area contributed by atoms with Crippen LogP contribution < -0.4 is 10.1 Å². The summed E-state index contributed by atoms with van der Waals surface area (Å²) >= 11 is 0. The molecule has 0 aromatic heterocycles. The van der Waals surface area contributed by atoms with Gasteiger partial charge in [-0.25, -0.2) is 0 Å². The van der Waals surface area contributed by atoms with Crippen molar-refractivity contribution in [2.24, 2.45) is 0 Å². The number of hydrogen-bond acceptors (Lipinski definition) is 3. The van der Waals surface area contributed by atoms with Crippen molar-refractivity contribution in [3.8, 4) is 5.75 Å². The number of hydrogen-bond donors (Lipinski definition) is 2. The molecule has 0 aliphatic heterocycles. The Morgan fingerprint density at radius 3 is 2.35 bits per heavy atom. The van der Waals surface area contributed by atoms with Crippen LogP contribution in [0.5, 0.6) is 5.75 Å². The van der Waals surface area contributed by atoms with Gasteiger partial charge in [-0.05, 0) is 69.8 Å². The van der Waals surface area contributed by atoms with E-state index in [4.69, 9.17) is 4.74 Å². The lowest BCUT2D eigenvalue weighted by molar-refractivity contribution is 0.162. The van der Waals surface area contributed by atoms with Gasteiger partial charge in [-0.3, -0.25) is 0 Å². The van der Waals surface area contributed by atoms with Crippen LogP contribution >= 0.6 is 0 Å². The first kappa shape index (κ1) is 17.0.